The minimum Gasteiger partial charge on any atom is -0.298 e. The van der Waals surface area contributed by atoms with Gasteiger partial charge in [-0.25, -0.2) is 9.97 Å². The Morgan fingerprint density at radius 3 is 2.85 bits per heavy atom. The van der Waals surface area contributed by atoms with E-state index in [1.807, 2.05) is 24.3 Å². The average molecular weight is 324 g/mol. The third kappa shape index (κ3) is 2.60. The van der Waals surface area contributed by atoms with E-state index in [1.54, 1.807) is 0 Å². The lowest BCUT2D eigenvalue weighted by Crippen LogP contribution is -2.12. The second kappa shape index (κ2) is 5.36. The molecule has 0 bridgehead atoms. The number of amides is 1. The van der Waals surface area contributed by atoms with Crippen molar-refractivity contribution in [3.63, 3.8) is 0 Å². The monoisotopic (exact) mass is 323 g/mol. The Morgan fingerprint density at radius 1 is 1.25 bits per heavy atom. The van der Waals surface area contributed by atoms with Gasteiger partial charge in [0.2, 0.25) is 0 Å². The normalized spacial score (nSPS) is 10.7. The lowest BCUT2D eigenvalue weighted by Gasteiger charge is -2.03. The maximum absolute atomic E-state index is 12.1. The molecule has 20 heavy (non-hydrogen) atoms. The summed E-state index contributed by atoms with van der Waals surface area (Å²) in [6, 6.07) is 9.07. The number of para-hydroxylation sites is 1. The zero-order valence-corrected chi connectivity index (χ0v) is 12.3. The van der Waals surface area contributed by atoms with E-state index in [2.05, 4.69) is 15.3 Å². The van der Waals surface area contributed by atoms with Crippen molar-refractivity contribution in [3.8, 4) is 0 Å². The van der Waals surface area contributed by atoms with E-state index in [-0.39, 0.29) is 21.6 Å². The predicted octanol–water partition coefficient (Wildman–Crippen LogP) is 4.25. The van der Waals surface area contributed by atoms with Crippen LogP contribution >= 0.6 is 34.5 Å². The van der Waals surface area contributed by atoms with E-state index in [0.717, 1.165) is 10.2 Å². The highest BCUT2D eigenvalue weighted by molar-refractivity contribution is 7.22. The van der Waals surface area contributed by atoms with Crippen LogP contribution in [0.4, 0.5) is 5.13 Å². The number of hydrogen-bond acceptors (Lipinski definition) is 4. The van der Waals surface area contributed by atoms with Gasteiger partial charge in [0.05, 0.1) is 20.8 Å². The molecule has 0 radical (unpaired) electrons. The van der Waals surface area contributed by atoms with Crippen LogP contribution < -0.4 is 5.32 Å². The zero-order chi connectivity index (χ0) is 14.1. The van der Waals surface area contributed by atoms with Crippen molar-refractivity contribution in [2.75, 3.05) is 5.32 Å². The molecule has 1 aromatic carbocycles. The number of nitrogens with one attached hydrogen (secondary N) is 1. The smallest absolute Gasteiger partial charge is 0.259 e. The molecule has 0 aliphatic carbocycles. The molecule has 0 fully saturated rings. The summed E-state index contributed by atoms with van der Waals surface area (Å²) in [5.41, 5.74) is 1.11. The average Bonchev–Trinajstić information content (AvgIpc) is 2.83. The van der Waals surface area contributed by atoms with Gasteiger partial charge in [0.1, 0.15) is 5.15 Å². The number of benzene rings is 1. The number of nitrogens with zero attached hydrogens (tertiary/aromatic N) is 2. The number of aromatic nitrogens is 2. The molecule has 0 saturated carbocycles. The fourth-order valence-corrected chi connectivity index (χ4v) is 2.89. The molecule has 4 nitrogen and oxygen atoms in total. The Kier molecular flexibility index (Phi) is 3.56. The molecule has 0 aliphatic rings. The van der Waals surface area contributed by atoms with Gasteiger partial charge in [0, 0.05) is 6.20 Å². The molecule has 3 aromatic rings. The van der Waals surface area contributed by atoms with Crippen molar-refractivity contribution in [1.82, 2.24) is 9.97 Å². The number of hydrogen-bond donors (Lipinski definition) is 1. The van der Waals surface area contributed by atoms with Crippen molar-refractivity contribution in [2.45, 2.75) is 0 Å². The van der Waals surface area contributed by atoms with Crippen LogP contribution in [-0.2, 0) is 0 Å². The number of anilines is 1. The summed E-state index contributed by atoms with van der Waals surface area (Å²) in [4.78, 5) is 20.3. The van der Waals surface area contributed by atoms with Crippen molar-refractivity contribution in [3.05, 3.63) is 52.3 Å². The lowest BCUT2D eigenvalue weighted by molar-refractivity contribution is 0.102. The van der Waals surface area contributed by atoms with Gasteiger partial charge in [-0.1, -0.05) is 46.7 Å². The van der Waals surface area contributed by atoms with Crippen LogP contribution in [0, 0.1) is 0 Å². The van der Waals surface area contributed by atoms with Gasteiger partial charge in [-0.3, -0.25) is 10.1 Å². The van der Waals surface area contributed by atoms with Gasteiger partial charge in [-0.2, -0.15) is 0 Å². The maximum atomic E-state index is 12.1. The van der Waals surface area contributed by atoms with Crippen molar-refractivity contribution in [1.29, 1.82) is 0 Å². The molecule has 7 heteroatoms. The predicted molar refractivity (Wildman–Crippen MR) is 81.8 cm³/mol. The Labute approximate surface area is 128 Å². The number of thiazole rings is 1. The third-order valence-electron chi connectivity index (χ3n) is 2.58. The highest BCUT2D eigenvalue weighted by Crippen LogP contribution is 2.26. The van der Waals surface area contributed by atoms with E-state index in [9.17, 15) is 4.79 Å². The third-order valence-corrected chi connectivity index (χ3v) is 4.04. The van der Waals surface area contributed by atoms with Gasteiger partial charge >= 0.3 is 0 Å². The molecule has 2 heterocycles. The minimum absolute atomic E-state index is 0.212. The van der Waals surface area contributed by atoms with Crippen LogP contribution in [0.5, 0.6) is 0 Å². The fraction of sp³-hybridized carbons (Fsp3) is 0. The number of pyridine rings is 1. The second-order valence-electron chi connectivity index (χ2n) is 3.93. The van der Waals surface area contributed by atoms with E-state index >= 15 is 0 Å². The molecule has 0 atom stereocenters. The molecule has 1 N–H and O–H groups in total. The first kappa shape index (κ1) is 13.3. The van der Waals surface area contributed by atoms with Crippen LogP contribution in [0.2, 0.25) is 10.2 Å². The van der Waals surface area contributed by atoms with Crippen LogP contribution in [0.3, 0.4) is 0 Å². The summed E-state index contributed by atoms with van der Waals surface area (Å²) in [7, 11) is 0. The van der Waals surface area contributed by atoms with E-state index in [0.29, 0.717) is 5.13 Å². The Morgan fingerprint density at radius 2 is 2.05 bits per heavy atom. The molecule has 0 spiro atoms. The zero-order valence-electron chi connectivity index (χ0n) is 9.93. The number of carbonyl (C=O) groups is 1. The SMILES string of the molecule is O=C(Nc1nc2ccccc2s1)c1cc(Cl)ncc1Cl. The molecule has 0 saturated heterocycles. The Balaban J connectivity index is 1.90. The standard InChI is InChI=1S/C13H7Cl2N3OS/c14-8-6-16-11(15)5-7(8)12(19)18-13-17-9-3-1-2-4-10(9)20-13/h1-6H,(H,17,18,19). The van der Waals surface area contributed by atoms with E-state index in [4.69, 9.17) is 23.2 Å². The van der Waals surface area contributed by atoms with Crippen LogP contribution in [0.25, 0.3) is 10.2 Å². The first-order valence-corrected chi connectivity index (χ1v) is 7.19. The molecule has 2 aromatic heterocycles. The summed E-state index contributed by atoms with van der Waals surface area (Å²) in [6.45, 7) is 0. The first-order valence-electron chi connectivity index (χ1n) is 5.61. The molecular weight excluding hydrogens is 317 g/mol. The fourth-order valence-electron chi connectivity index (χ4n) is 1.68. The lowest BCUT2D eigenvalue weighted by atomic mass is 10.2. The van der Waals surface area contributed by atoms with Crippen molar-refractivity contribution < 1.29 is 4.79 Å². The molecule has 1 amide bonds. The van der Waals surface area contributed by atoms with Gasteiger partial charge in [0.15, 0.2) is 5.13 Å². The topological polar surface area (TPSA) is 54.9 Å². The number of carbonyl (C=O) groups excluding carboxylic acids is 1. The van der Waals surface area contributed by atoms with Gasteiger partial charge < -0.3 is 0 Å². The maximum Gasteiger partial charge on any atom is 0.259 e. The second-order valence-corrected chi connectivity index (χ2v) is 5.75. The van der Waals surface area contributed by atoms with Crippen molar-refractivity contribution >= 4 is 55.8 Å². The largest absolute Gasteiger partial charge is 0.298 e. The number of fused-ring (bicyclic) bond motifs is 1. The van der Waals surface area contributed by atoms with Crippen molar-refractivity contribution in [2.24, 2.45) is 0 Å². The summed E-state index contributed by atoms with van der Waals surface area (Å²) in [5.74, 6) is -0.363. The van der Waals surface area contributed by atoms with Crippen LogP contribution in [0.1, 0.15) is 10.4 Å². The molecule has 0 unspecified atom stereocenters. The van der Waals surface area contributed by atoms with Gasteiger partial charge in [0.25, 0.3) is 5.91 Å². The van der Waals surface area contributed by atoms with Gasteiger partial charge in [-0.05, 0) is 18.2 Å². The van der Waals surface area contributed by atoms with E-state index < -0.39 is 0 Å². The molecule has 0 aliphatic heterocycles. The molecule has 100 valence electrons. The molecular formula is C13H7Cl2N3OS. The number of rotatable bonds is 2. The summed E-state index contributed by atoms with van der Waals surface area (Å²) in [5, 5.41) is 3.68. The Bertz CT molecular complexity index is 770. The highest BCUT2D eigenvalue weighted by atomic mass is 35.5. The summed E-state index contributed by atoms with van der Waals surface area (Å²) < 4.78 is 1.00. The number of halogens is 2. The quantitative estimate of drug-likeness (QED) is 0.717. The summed E-state index contributed by atoms with van der Waals surface area (Å²) in [6.07, 6.45) is 1.34. The summed E-state index contributed by atoms with van der Waals surface area (Å²) >= 11 is 13.1. The molecule has 3 rings (SSSR count). The first-order chi connectivity index (χ1) is 9.63. The van der Waals surface area contributed by atoms with Crippen LogP contribution in [-0.4, -0.2) is 15.9 Å². The minimum atomic E-state index is -0.363. The van der Waals surface area contributed by atoms with Gasteiger partial charge in [-0.15, -0.1) is 0 Å². The van der Waals surface area contributed by atoms with Crippen LogP contribution in [0.15, 0.2) is 36.5 Å². The highest BCUT2D eigenvalue weighted by Gasteiger charge is 2.14. The van der Waals surface area contributed by atoms with E-state index in [1.165, 1.54) is 23.6 Å². The Hall–Kier alpha value is -1.69.